The number of carbonyl (C=O) groups is 2. The Hall–Kier alpha value is -4.58. The van der Waals surface area contributed by atoms with Crippen molar-refractivity contribution in [2.75, 3.05) is 26.2 Å². The van der Waals surface area contributed by atoms with E-state index in [1.165, 1.54) is 0 Å². The third kappa shape index (κ3) is 6.60. The molecule has 3 aliphatic rings. The lowest BCUT2D eigenvalue weighted by Crippen LogP contribution is -2.71. The first kappa shape index (κ1) is 31.8. The molecule has 2 aromatic carbocycles. The molecule has 45 heavy (non-hydrogen) atoms. The largest absolute Gasteiger partial charge is 0.451 e. The van der Waals surface area contributed by atoms with Crippen molar-refractivity contribution in [2.24, 2.45) is 0 Å². The predicted molar refractivity (Wildman–Crippen MR) is 143 cm³/mol. The average molecular weight is 644 g/mol. The Kier molecular flexibility index (Phi) is 8.07. The topological polar surface area (TPSA) is 174 Å². The lowest BCUT2D eigenvalue weighted by atomic mass is 10.0. The van der Waals surface area contributed by atoms with Crippen molar-refractivity contribution in [3.8, 4) is 0 Å². The zero-order valence-corrected chi connectivity index (χ0v) is 23.1. The van der Waals surface area contributed by atoms with Gasteiger partial charge in [-0.25, -0.2) is 4.79 Å². The number of nitrogens with zero attached hydrogens (tertiary/aromatic N) is 2. The first-order valence-corrected chi connectivity index (χ1v) is 13.4. The number of hydrogen-bond donors (Lipinski definition) is 7. The Morgan fingerprint density at radius 3 is 2.40 bits per heavy atom. The monoisotopic (exact) mass is 643 g/mol. The SMILES string of the molecule is N=C1NCC(O)(O)[C@@H](OC(=O)c2cc(C(F)(F)F)ccc2C(F)(F)F)CN2CC(N1)[C@H](CN1Cc3ccccc3C1=O)NC2=N. The molecule has 18 heteroatoms. The van der Waals surface area contributed by atoms with Gasteiger partial charge in [-0.05, 0) is 29.8 Å². The number of alkyl halides is 6. The van der Waals surface area contributed by atoms with Crippen molar-refractivity contribution in [2.45, 2.75) is 42.9 Å². The lowest BCUT2D eigenvalue weighted by molar-refractivity contribution is -0.222. The summed E-state index contributed by atoms with van der Waals surface area (Å²) < 4.78 is 85.8. The molecule has 0 aromatic heterocycles. The standard InChI is InChI=1S/C27H27F6N7O5/c28-26(29,30)14-5-6-17(27(31,32)33)16(7-14)22(42)45-20-11-40-10-18(37-23(34)36-12-25(20,43)44)19(38-24(40)35)9-39-8-13-3-1-2-4-15(13)21(39)41/h1-7,18-20,43-44H,8-12H2,(H2,35,38)(H3,34,36,37)/t18?,19-,20-/m0/s1. The highest BCUT2D eigenvalue weighted by atomic mass is 19.4. The van der Waals surface area contributed by atoms with Gasteiger partial charge in [0.2, 0.25) is 5.79 Å². The summed E-state index contributed by atoms with van der Waals surface area (Å²) in [6.07, 6.45) is -12.5. The molecule has 0 saturated carbocycles. The van der Waals surface area contributed by atoms with Gasteiger partial charge in [0.1, 0.15) is 0 Å². The van der Waals surface area contributed by atoms with E-state index in [1.807, 2.05) is 0 Å². The van der Waals surface area contributed by atoms with Gasteiger partial charge in [-0.15, -0.1) is 0 Å². The molecule has 2 saturated heterocycles. The first-order valence-electron chi connectivity index (χ1n) is 13.4. The molecule has 5 rings (SSSR count). The summed E-state index contributed by atoms with van der Waals surface area (Å²) in [6, 6.07) is 5.84. The predicted octanol–water partition coefficient (Wildman–Crippen LogP) is 1.29. The molecular weight excluding hydrogens is 616 g/mol. The van der Waals surface area contributed by atoms with E-state index in [9.17, 15) is 46.1 Å². The van der Waals surface area contributed by atoms with Gasteiger partial charge >= 0.3 is 18.3 Å². The highest BCUT2D eigenvalue weighted by Crippen LogP contribution is 2.37. The molecule has 2 bridgehead atoms. The summed E-state index contributed by atoms with van der Waals surface area (Å²) >= 11 is 0. The van der Waals surface area contributed by atoms with Crippen LogP contribution in [0.1, 0.15) is 37.4 Å². The van der Waals surface area contributed by atoms with E-state index >= 15 is 0 Å². The van der Waals surface area contributed by atoms with Crippen LogP contribution in [0.5, 0.6) is 0 Å². The third-order valence-electron chi connectivity index (χ3n) is 7.73. The van der Waals surface area contributed by atoms with Crippen molar-refractivity contribution >= 4 is 23.8 Å². The van der Waals surface area contributed by atoms with Crippen molar-refractivity contribution < 1.29 is 50.9 Å². The minimum atomic E-state index is -5.26. The maximum Gasteiger partial charge on any atom is 0.417 e. The van der Waals surface area contributed by atoms with Crippen LogP contribution in [0.2, 0.25) is 0 Å². The van der Waals surface area contributed by atoms with Gasteiger partial charge < -0.3 is 40.7 Å². The summed E-state index contributed by atoms with van der Waals surface area (Å²) in [5.74, 6) is -6.00. The first-order chi connectivity index (χ1) is 20.9. The molecule has 0 aliphatic carbocycles. The van der Waals surface area contributed by atoms with Crippen LogP contribution in [0, 0.1) is 10.8 Å². The molecule has 3 heterocycles. The molecular formula is C27H27F6N7O5. The highest BCUT2D eigenvalue weighted by molar-refractivity contribution is 5.98. The van der Waals surface area contributed by atoms with Crippen LogP contribution in [-0.2, 0) is 23.6 Å². The van der Waals surface area contributed by atoms with Crippen LogP contribution in [-0.4, -0.2) is 94.0 Å². The maximum absolute atomic E-state index is 13.6. The van der Waals surface area contributed by atoms with Crippen molar-refractivity contribution in [1.82, 2.24) is 25.8 Å². The number of carbonyl (C=O) groups excluding carboxylic acids is 2. The van der Waals surface area contributed by atoms with Crippen LogP contribution in [0.25, 0.3) is 0 Å². The van der Waals surface area contributed by atoms with Gasteiger partial charge in [-0.3, -0.25) is 15.6 Å². The quantitative estimate of drug-likeness (QED) is 0.147. The van der Waals surface area contributed by atoms with Crippen LogP contribution < -0.4 is 16.0 Å². The Morgan fingerprint density at radius 1 is 1.02 bits per heavy atom. The van der Waals surface area contributed by atoms with E-state index in [1.54, 1.807) is 29.2 Å². The summed E-state index contributed by atoms with van der Waals surface area (Å²) in [5.41, 5.74) is -3.47. The minimum Gasteiger partial charge on any atom is -0.451 e. The number of guanidine groups is 2. The summed E-state index contributed by atoms with van der Waals surface area (Å²) in [4.78, 5) is 28.6. The molecule has 2 fully saturated rings. The van der Waals surface area contributed by atoms with Gasteiger partial charge in [-0.2, -0.15) is 26.3 Å². The van der Waals surface area contributed by atoms with Gasteiger partial charge in [0.15, 0.2) is 18.0 Å². The number of benzene rings is 2. The Labute approximate surface area is 251 Å². The van der Waals surface area contributed by atoms with E-state index < -0.39 is 78.0 Å². The molecule has 3 aliphatic heterocycles. The molecule has 0 spiro atoms. The molecule has 2 aromatic rings. The van der Waals surface area contributed by atoms with Gasteiger partial charge in [0, 0.05) is 25.2 Å². The third-order valence-corrected chi connectivity index (χ3v) is 7.73. The highest BCUT2D eigenvalue weighted by Gasteiger charge is 2.46. The Morgan fingerprint density at radius 2 is 1.73 bits per heavy atom. The normalized spacial score (nSPS) is 23.5. The zero-order chi connectivity index (χ0) is 32.9. The Bertz CT molecular complexity index is 1530. The number of aliphatic hydroxyl groups is 2. The van der Waals surface area contributed by atoms with Crippen LogP contribution in [0.3, 0.4) is 0 Å². The number of hydrogen-bond acceptors (Lipinski definition) is 7. The van der Waals surface area contributed by atoms with E-state index in [4.69, 9.17) is 15.6 Å². The van der Waals surface area contributed by atoms with Crippen molar-refractivity contribution in [3.05, 3.63) is 70.3 Å². The summed E-state index contributed by atoms with van der Waals surface area (Å²) in [6.45, 7) is -1.35. The van der Waals surface area contributed by atoms with E-state index in [0.717, 1.165) is 10.5 Å². The number of fused-ring (bicyclic) bond motifs is 3. The number of β-amino-alcohol motifs (C(OH)–C–C–N with tert-alkyl or cyclic N) is 2. The van der Waals surface area contributed by atoms with Crippen molar-refractivity contribution in [1.29, 1.82) is 10.8 Å². The van der Waals surface area contributed by atoms with Gasteiger partial charge in [-0.1, -0.05) is 18.2 Å². The number of esters is 1. The molecule has 242 valence electrons. The number of ether oxygens (including phenoxy) is 1. The molecule has 12 nitrogen and oxygen atoms in total. The molecule has 3 atom stereocenters. The fourth-order valence-electron chi connectivity index (χ4n) is 5.38. The van der Waals surface area contributed by atoms with Crippen LogP contribution in [0.15, 0.2) is 42.5 Å². The number of rotatable bonds is 4. The Balaban J connectivity index is 1.39. The average Bonchev–Trinajstić information content (AvgIpc) is 3.27. The zero-order valence-electron chi connectivity index (χ0n) is 23.1. The molecule has 1 amide bonds. The van der Waals surface area contributed by atoms with Gasteiger partial charge in [0.25, 0.3) is 5.91 Å². The van der Waals surface area contributed by atoms with Crippen LogP contribution in [0.4, 0.5) is 26.3 Å². The second-order valence-electron chi connectivity index (χ2n) is 10.9. The number of halogens is 6. The van der Waals surface area contributed by atoms with Crippen molar-refractivity contribution in [3.63, 3.8) is 0 Å². The van der Waals surface area contributed by atoms with Crippen LogP contribution >= 0.6 is 0 Å². The maximum atomic E-state index is 13.6. The number of nitrogens with one attached hydrogen (secondary N) is 5. The van der Waals surface area contributed by atoms with E-state index in [0.29, 0.717) is 12.1 Å². The number of amides is 1. The molecule has 0 radical (unpaired) electrons. The fraction of sp³-hybridized carbons (Fsp3) is 0.407. The van der Waals surface area contributed by atoms with E-state index in [-0.39, 0.29) is 43.2 Å². The fourth-order valence-corrected chi connectivity index (χ4v) is 5.38. The van der Waals surface area contributed by atoms with E-state index in [2.05, 4.69) is 16.0 Å². The second-order valence-corrected chi connectivity index (χ2v) is 10.9. The lowest BCUT2D eigenvalue weighted by Gasteiger charge is -2.45. The summed E-state index contributed by atoms with van der Waals surface area (Å²) in [7, 11) is 0. The minimum absolute atomic E-state index is 0.0390. The molecule has 1 unspecified atom stereocenters. The molecule has 7 N–H and O–H groups in total. The second kappa shape index (κ2) is 11.4. The van der Waals surface area contributed by atoms with Gasteiger partial charge in [0.05, 0.1) is 41.9 Å². The summed E-state index contributed by atoms with van der Waals surface area (Å²) in [5, 5.41) is 46.3. The smallest absolute Gasteiger partial charge is 0.417 e.